The lowest BCUT2D eigenvalue weighted by Gasteiger charge is -2.40. The number of fused-ring (bicyclic) bond motifs is 3. The number of carbonyl (C=O) groups is 1. The summed E-state index contributed by atoms with van der Waals surface area (Å²) in [6.45, 7) is 3.64. The molecule has 0 aliphatic carbocycles. The lowest BCUT2D eigenvalue weighted by atomic mass is 9.89. The maximum atomic E-state index is 12.8. The fourth-order valence-corrected chi connectivity index (χ4v) is 5.03. The van der Waals surface area contributed by atoms with Gasteiger partial charge in [-0.3, -0.25) is 9.48 Å². The van der Waals surface area contributed by atoms with Gasteiger partial charge in [-0.15, -0.1) is 11.6 Å². The summed E-state index contributed by atoms with van der Waals surface area (Å²) in [5, 5.41) is 5.89. The predicted molar refractivity (Wildman–Crippen MR) is 112 cm³/mol. The minimum absolute atomic E-state index is 0.0233. The zero-order valence-corrected chi connectivity index (χ0v) is 17.2. The Morgan fingerprint density at radius 3 is 2.90 bits per heavy atom. The summed E-state index contributed by atoms with van der Waals surface area (Å²) in [4.78, 5) is 18.3. The van der Waals surface area contributed by atoms with Crippen LogP contribution in [-0.4, -0.2) is 50.7 Å². The summed E-state index contributed by atoms with van der Waals surface area (Å²) in [5.41, 5.74) is 4.49. The van der Waals surface area contributed by atoms with Gasteiger partial charge in [0.25, 0.3) is 0 Å². The molecule has 0 radical (unpaired) electrons. The van der Waals surface area contributed by atoms with Crippen molar-refractivity contribution < 1.29 is 9.53 Å². The highest BCUT2D eigenvalue weighted by Gasteiger charge is 2.39. The van der Waals surface area contributed by atoms with E-state index in [0.29, 0.717) is 6.04 Å². The van der Waals surface area contributed by atoms with E-state index >= 15 is 0 Å². The number of nitrogens with zero attached hydrogens (tertiary/aromatic N) is 3. The van der Waals surface area contributed by atoms with Crippen LogP contribution in [0.15, 0.2) is 36.7 Å². The van der Waals surface area contributed by atoms with Gasteiger partial charge in [0.2, 0.25) is 5.91 Å². The van der Waals surface area contributed by atoms with Gasteiger partial charge in [0.15, 0.2) is 0 Å². The number of hydrogen-bond acceptors (Lipinski definition) is 3. The van der Waals surface area contributed by atoms with Crippen LogP contribution in [0.5, 0.6) is 0 Å². The van der Waals surface area contributed by atoms with Crippen molar-refractivity contribution in [1.82, 2.24) is 19.7 Å². The van der Waals surface area contributed by atoms with E-state index in [1.54, 1.807) is 0 Å². The fraction of sp³-hybridized carbons (Fsp3) is 0.455. The summed E-state index contributed by atoms with van der Waals surface area (Å²) in [6.07, 6.45) is 6.74. The number of aromatic amines is 1. The monoisotopic (exact) mass is 412 g/mol. The van der Waals surface area contributed by atoms with E-state index in [0.717, 1.165) is 49.3 Å². The average Bonchev–Trinajstić information content (AvgIpc) is 3.38. The van der Waals surface area contributed by atoms with E-state index in [-0.39, 0.29) is 23.9 Å². The van der Waals surface area contributed by atoms with Gasteiger partial charge >= 0.3 is 0 Å². The van der Waals surface area contributed by atoms with Gasteiger partial charge < -0.3 is 14.6 Å². The molecule has 2 aliphatic rings. The van der Waals surface area contributed by atoms with Gasteiger partial charge in [-0.05, 0) is 37.8 Å². The van der Waals surface area contributed by atoms with Crippen LogP contribution in [0.1, 0.15) is 48.7 Å². The maximum absolute atomic E-state index is 12.8. The molecule has 1 fully saturated rings. The Hall–Kier alpha value is -2.31. The number of ether oxygens (including phenoxy) is 1. The van der Waals surface area contributed by atoms with Crippen molar-refractivity contribution in [2.45, 2.75) is 44.3 Å². The number of alkyl halides is 1. The Kier molecular flexibility index (Phi) is 4.84. The van der Waals surface area contributed by atoms with Crippen LogP contribution < -0.4 is 0 Å². The van der Waals surface area contributed by atoms with Gasteiger partial charge in [0, 0.05) is 47.6 Å². The number of rotatable bonds is 3. The number of carbonyl (C=O) groups excluding carboxylic acids is 1. The van der Waals surface area contributed by atoms with Crippen LogP contribution in [0.4, 0.5) is 0 Å². The second kappa shape index (κ2) is 7.50. The number of benzene rings is 1. The standard InChI is InChI=1S/C22H25ClN4O2/c1-14-10-18-17-4-2-3-5-19(17)25-21(18)22(27(14)20(28)11-23)15-12-24-26(13-15)16-6-8-29-9-7-16/h2-5,12-14,16,22,25H,6-11H2,1H3/t14-,22-/m0/s1. The fourth-order valence-electron chi connectivity index (χ4n) is 4.89. The first-order valence-electron chi connectivity index (χ1n) is 10.3. The molecule has 0 bridgehead atoms. The first-order chi connectivity index (χ1) is 14.2. The highest BCUT2D eigenvalue weighted by atomic mass is 35.5. The summed E-state index contributed by atoms with van der Waals surface area (Å²) >= 11 is 6.00. The highest BCUT2D eigenvalue weighted by molar-refractivity contribution is 6.27. The second-order valence-corrected chi connectivity index (χ2v) is 8.32. The molecule has 3 aromatic rings. The van der Waals surface area contributed by atoms with Gasteiger partial charge in [0.1, 0.15) is 11.9 Å². The smallest absolute Gasteiger partial charge is 0.238 e. The highest BCUT2D eigenvalue weighted by Crippen LogP contribution is 2.41. The van der Waals surface area contributed by atoms with Crippen LogP contribution >= 0.6 is 11.6 Å². The van der Waals surface area contributed by atoms with Crippen molar-refractivity contribution in [3.63, 3.8) is 0 Å². The summed E-state index contributed by atoms with van der Waals surface area (Å²) < 4.78 is 7.53. The van der Waals surface area contributed by atoms with E-state index in [4.69, 9.17) is 16.3 Å². The first-order valence-corrected chi connectivity index (χ1v) is 10.8. The molecular formula is C22H25ClN4O2. The molecule has 2 aromatic heterocycles. The second-order valence-electron chi connectivity index (χ2n) is 8.05. The number of hydrogen-bond donors (Lipinski definition) is 1. The lowest BCUT2D eigenvalue weighted by molar-refractivity contribution is -0.133. The largest absolute Gasteiger partial charge is 0.381 e. The Balaban J connectivity index is 1.61. The molecule has 5 rings (SSSR count). The normalized spacial score (nSPS) is 22.8. The third kappa shape index (κ3) is 3.15. The van der Waals surface area contributed by atoms with E-state index in [1.165, 1.54) is 10.9 Å². The third-order valence-electron chi connectivity index (χ3n) is 6.28. The molecule has 152 valence electrons. The molecule has 6 nitrogen and oxygen atoms in total. The number of amides is 1. The number of aromatic nitrogens is 3. The zero-order chi connectivity index (χ0) is 20.0. The Morgan fingerprint density at radius 1 is 1.31 bits per heavy atom. The summed E-state index contributed by atoms with van der Waals surface area (Å²) in [6, 6.07) is 8.54. The van der Waals surface area contributed by atoms with Gasteiger partial charge in [-0.1, -0.05) is 18.2 Å². The third-order valence-corrected chi connectivity index (χ3v) is 6.51. The average molecular weight is 413 g/mol. The van der Waals surface area contributed by atoms with Crippen LogP contribution in [0.25, 0.3) is 10.9 Å². The van der Waals surface area contributed by atoms with Crippen molar-refractivity contribution in [1.29, 1.82) is 0 Å². The van der Waals surface area contributed by atoms with Crippen molar-refractivity contribution in [3.8, 4) is 0 Å². The van der Waals surface area contributed by atoms with Crippen LogP contribution in [0.3, 0.4) is 0 Å². The molecule has 7 heteroatoms. The molecule has 1 aromatic carbocycles. The summed E-state index contributed by atoms with van der Waals surface area (Å²) in [7, 11) is 0. The number of nitrogens with one attached hydrogen (secondary N) is 1. The summed E-state index contributed by atoms with van der Waals surface area (Å²) in [5.74, 6) is -0.0721. The van der Waals surface area contributed by atoms with Crippen LogP contribution in [0, 0.1) is 0 Å². The van der Waals surface area contributed by atoms with Crippen molar-refractivity contribution >= 4 is 28.4 Å². The maximum Gasteiger partial charge on any atom is 0.238 e. The van der Waals surface area contributed by atoms with Gasteiger partial charge in [-0.25, -0.2) is 0 Å². The SMILES string of the molecule is C[C@H]1Cc2c([nH]c3ccccc23)[C@H](c2cnn(C3CCOCC3)c2)N1C(=O)CCl. The minimum atomic E-state index is -0.207. The topological polar surface area (TPSA) is 63.2 Å². The van der Waals surface area contributed by atoms with E-state index < -0.39 is 0 Å². The number of para-hydroxylation sites is 1. The number of H-pyrrole nitrogens is 1. The van der Waals surface area contributed by atoms with Crippen molar-refractivity contribution in [3.05, 3.63) is 53.5 Å². The van der Waals surface area contributed by atoms with Crippen LogP contribution in [0.2, 0.25) is 0 Å². The molecule has 1 N–H and O–H groups in total. The molecule has 0 unspecified atom stereocenters. The molecule has 1 saturated heterocycles. The lowest BCUT2D eigenvalue weighted by Crippen LogP contribution is -2.46. The van der Waals surface area contributed by atoms with E-state index in [1.807, 2.05) is 21.8 Å². The van der Waals surface area contributed by atoms with E-state index in [2.05, 4.69) is 41.4 Å². The van der Waals surface area contributed by atoms with Crippen molar-refractivity contribution in [2.75, 3.05) is 19.1 Å². The Morgan fingerprint density at radius 2 is 2.10 bits per heavy atom. The Labute approximate surface area is 174 Å². The number of halogens is 1. The zero-order valence-electron chi connectivity index (χ0n) is 16.5. The molecule has 4 heterocycles. The first kappa shape index (κ1) is 18.7. The van der Waals surface area contributed by atoms with Crippen LogP contribution in [-0.2, 0) is 16.0 Å². The van der Waals surface area contributed by atoms with Gasteiger partial charge in [-0.2, -0.15) is 5.10 Å². The quantitative estimate of drug-likeness (QED) is 0.665. The molecule has 1 amide bonds. The Bertz CT molecular complexity index is 1040. The van der Waals surface area contributed by atoms with E-state index in [9.17, 15) is 4.79 Å². The molecule has 2 atom stereocenters. The van der Waals surface area contributed by atoms with Gasteiger partial charge in [0.05, 0.1) is 12.2 Å². The minimum Gasteiger partial charge on any atom is -0.381 e. The predicted octanol–water partition coefficient (Wildman–Crippen LogP) is 3.82. The molecular weight excluding hydrogens is 388 g/mol. The van der Waals surface area contributed by atoms with Crippen molar-refractivity contribution in [2.24, 2.45) is 0 Å². The molecule has 29 heavy (non-hydrogen) atoms. The molecule has 0 spiro atoms. The molecule has 2 aliphatic heterocycles. The molecule has 0 saturated carbocycles.